The number of nitrogens with zero attached hydrogens (tertiary/aromatic N) is 3. The van der Waals surface area contributed by atoms with Gasteiger partial charge in [0, 0.05) is 37.6 Å². The molecule has 2 saturated heterocycles. The minimum atomic E-state index is 0. The van der Waals surface area contributed by atoms with Gasteiger partial charge in [0.15, 0.2) is 0 Å². The van der Waals surface area contributed by atoms with Gasteiger partial charge in [-0.2, -0.15) is 5.10 Å². The maximum absolute atomic E-state index is 12.6. The van der Waals surface area contributed by atoms with Crippen LogP contribution in [0.1, 0.15) is 31.2 Å². The molecule has 1 amide bonds. The van der Waals surface area contributed by atoms with Gasteiger partial charge in [0.05, 0.1) is 12.1 Å². The summed E-state index contributed by atoms with van der Waals surface area (Å²) in [5.74, 6) is 0.216. The maximum atomic E-state index is 12.6. The highest BCUT2D eigenvalue weighted by Gasteiger charge is 2.36. The van der Waals surface area contributed by atoms with E-state index in [0.717, 1.165) is 24.1 Å². The summed E-state index contributed by atoms with van der Waals surface area (Å²) in [6.07, 6.45) is 8.86. The van der Waals surface area contributed by atoms with Gasteiger partial charge in [-0.05, 0) is 49.4 Å². The van der Waals surface area contributed by atoms with Crippen LogP contribution in [0, 0.1) is 0 Å². The highest BCUT2D eigenvalue weighted by molar-refractivity contribution is 5.85. The third-order valence-electron chi connectivity index (χ3n) is 5.45. The predicted octanol–water partition coefficient (Wildman–Crippen LogP) is 2.58. The molecule has 2 aromatic rings. The van der Waals surface area contributed by atoms with Crippen LogP contribution >= 0.6 is 12.4 Å². The van der Waals surface area contributed by atoms with Crippen LogP contribution in [0.4, 0.5) is 0 Å². The summed E-state index contributed by atoms with van der Waals surface area (Å²) in [6, 6.07) is 11.6. The van der Waals surface area contributed by atoms with Crippen LogP contribution in [0.3, 0.4) is 0 Å². The Morgan fingerprint density at radius 3 is 2.52 bits per heavy atom. The zero-order valence-electron chi connectivity index (χ0n) is 14.5. The Morgan fingerprint density at radius 2 is 1.92 bits per heavy atom. The van der Waals surface area contributed by atoms with Crippen LogP contribution in [0.15, 0.2) is 42.7 Å². The van der Waals surface area contributed by atoms with Gasteiger partial charge < -0.3 is 10.2 Å². The number of carbonyl (C=O) groups excluding carboxylic acids is 1. The third-order valence-corrected chi connectivity index (χ3v) is 5.45. The summed E-state index contributed by atoms with van der Waals surface area (Å²) in [7, 11) is 1.97. The summed E-state index contributed by atoms with van der Waals surface area (Å²) in [5, 5.41) is 7.86. The number of nitrogens with one attached hydrogen (secondary N) is 1. The van der Waals surface area contributed by atoms with Crippen molar-refractivity contribution in [3.05, 3.63) is 48.3 Å². The Labute approximate surface area is 154 Å². The summed E-state index contributed by atoms with van der Waals surface area (Å²) < 4.78 is 1.82. The van der Waals surface area contributed by atoms with E-state index >= 15 is 0 Å². The number of aromatic nitrogens is 2. The Bertz CT molecular complexity index is 689. The fourth-order valence-electron chi connectivity index (χ4n) is 4.03. The largest absolute Gasteiger partial charge is 0.342 e. The predicted molar refractivity (Wildman–Crippen MR) is 100 cm³/mol. The molecule has 134 valence electrons. The molecule has 4 rings (SSSR count). The number of fused-ring (bicyclic) bond motifs is 2. The molecule has 1 aromatic carbocycles. The number of benzene rings is 1. The Kier molecular flexibility index (Phi) is 5.45. The molecule has 2 atom stereocenters. The van der Waals surface area contributed by atoms with Gasteiger partial charge in [-0.25, -0.2) is 4.68 Å². The van der Waals surface area contributed by atoms with Gasteiger partial charge in [0.1, 0.15) is 0 Å². The SMILES string of the molecule is CN(C(=O)Cc1ccc(-n2cccn2)cc1)C1CC2CCC(C1)N2.Cl. The Balaban J connectivity index is 0.00000182. The molecule has 2 bridgehead atoms. The molecule has 0 radical (unpaired) electrons. The number of amides is 1. The summed E-state index contributed by atoms with van der Waals surface area (Å²) >= 11 is 0. The number of likely N-dealkylation sites (N-methyl/N-ethyl adjacent to an activating group) is 1. The van der Waals surface area contributed by atoms with Gasteiger partial charge in [0.2, 0.25) is 5.91 Å². The fourth-order valence-corrected chi connectivity index (χ4v) is 4.03. The number of carbonyl (C=O) groups is 1. The molecule has 0 saturated carbocycles. The lowest BCUT2D eigenvalue weighted by atomic mass is 9.98. The van der Waals surface area contributed by atoms with Crippen molar-refractivity contribution in [2.45, 2.75) is 50.2 Å². The lowest BCUT2D eigenvalue weighted by Crippen LogP contribution is -2.49. The summed E-state index contributed by atoms with van der Waals surface area (Å²) in [5.41, 5.74) is 2.07. The summed E-state index contributed by atoms with van der Waals surface area (Å²) in [6.45, 7) is 0. The van der Waals surface area contributed by atoms with Crippen LogP contribution in [0.25, 0.3) is 5.69 Å². The molecular formula is C19H25ClN4O. The van der Waals surface area contributed by atoms with E-state index in [2.05, 4.69) is 10.4 Å². The van der Waals surface area contributed by atoms with Crippen molar-refractivity contribution in [1.82, 2.24) is 20.0 Å². The van der Waals surface area contributed by atoms with Crippen LogP contribution in [-0.4, -0.2) is 45.8 Å². The topological polar surface area (TPSA) is 50.2 Å². The molecule has 2 fully saturated rings. The molecule has 2 aliphatic rings. The molecule has 25 heavy (non-hydrogen) atoms. The molecule has 6 heteroatoms. The van der Waals surface area contributed by atoms with Crippen molar-refractivity contribution in [3.63, 3.8) is 0 Å². The maximum Gasteiger partial charge on any atom is 0.226 e. The number of halogens is 1. The van der Waals surface area contributed by atoms with E-state index in [4.69, 9.17) is 0 Å². The van der Waals surface area contributed by atoms with Crippen molar-refractivity contribution in [2.75, 3.05) is 7.05 Å². The molecule has 2 aliphatic heterocycles. The first-order chi connectivity index (χ1) is 11.7. The summed E-state index contributed by atoms with van der Waals surface area (Å²) in [4.78, 5) is 14.6. The standard InChI is InChI=1S/C19H24N4O.ClH/c1-22(18-12-15-5-6-16(13-18)21-15)19(24)11-14-3-7-17(8-4-14)23-10-2-9-20-23;/h2-4,7-10,15-16,18,21H,5-6,11-13H2,1H3;1H. The number of hydrogen-bond acceptors (Lipinski definition) is 3. The van der Waals surface area contributed by atoms with E-state index in [9.17, 15) is 4.79 Å². The second kappa shape index (κ2) is 7.58. The van der Waals surface area contributed by atoms with Crippen molar-refractivity contribution < 1.29 is 4.79 Å². The Morgan fingerprint density at radius 1 is 1.24 bits per heavy atom. The van der Waals surface area contributed by atoms with E-state index in [1.54, 1.807) is 6.20 Å². The number of rotatable bonds is 4. The molecular weight excluding hydrogens is 336 g/mol. The first-order valence-electron chi connectivity index (χ1n) is 8.80. The van der Waals surface area contributed by atoms with E-state index in [0.29, 0.717) is 24.5 Å². The molecule has 2 unspecified atom stereocenters. The second-order valence-electron chi connectivity index (χ2n) is 7.06. The quantitative estimate of drug-likeness (QED) is 0.911. The zero-order valence-corrected chi connectivity index (χ0v) is 15.3. The van der Waals surface area contributed by atoms with Crippen LogP contribution in [-0.2, 0) is 11.2 Å². The van der Waals surface area contributed by atoms with Gasteiger partial charge in [0.25, 0.3) is 0 Å². The average molecular weight is 361 g/mol. The lowest BCUT2D eigenvalue weighted by molar-refractivity contribution is -0.131. The zero-order chi connectivity index (χ0) is 16.5. The average Bonchev–Trinajstić information content (AvgIpc) is 3.24. The minimum Gasteiger partial charge on any atom is -0.342 e. The first kappa shape index (κ1) is 18.0. The molecule has 1 N–H and O–H groups in total. The van der Waals surface area contributed by atoms with Crippen molar-refractivity contribution in [3.8, 4) is 5.69 Å². The number of hydrogen-bond donors (Lipinski definition) is 1. The van der Waals surface area contributed by atoms with Crippen molar-refractivity contribution >= 4 is 18.3 Å². The van der Waals surface area contributed by atoms with E-state index < -0.39 is 0 Å². The highest BCUT2D eigenvalue weighted by Crippen LogP contribution is 2.29. The van der Waals surface area contributed by atoms with Crippen LogP contribution in [0.2, 0.25) is 0 Å². The smallest absolute Gasteiger partial charge is 0.226 e. The molecule has 1 aromatic heterocycles. The van der Waals surface area contributed by atoms with Crippen LogP contribution < -0.4 is 5.32 Å². The van der Waals surface area contributed by atoms with Crippen LogP contribution in [0.5, 0.6) is 0 Å². The molecule has 3 heterocycles. The minimum absolute atomic E-state index is 0. The number of piperidine rings is 1. The fraction of sp³-hybridized carbons (Fsp3) is 0.474. The molecule has 0 spiro atoms. The van der Waals surface area contributed by atoms with Gasteiger partial charge in [-0.15, -0.1) is 12.4 Å². The third kappa shape index (κ3) is 3.88. The lowest BCUT2D eigenvalue weighted by Gasteiger charge is -2.35. The van der Waals surface area contributed by atoms with Gasteiger partial charge in [-0.3, -0.25) is 4.79 Å². The van der Waals surface area contributed by atoms with E-state index in [1.165, 1.54) is 12.8 Å². The normalized spacial score (nSPS) is 24.6. The van der Waals surface area contributed by atoms with Gasteiger partial charge >= 0.3 is 0 Å². The molecule has 5 nitrogen and oxygen atoms in total. The highest BCUT2D eigenvalue weighted by atomic mass is 35.5. The second-order valence-corrected chi connectivity index (χ2v) is 7.06. The van der Waals surface area contributed by atoms with Crippen molar-refractivity contribution in [1.29, 1.82) is 0 Å². The molecule has 0 aliphatic carbocycles. The van der Waals surface area contributed by atoms with E-state index in [-0.39, 0.29) is 18.3 Å². The van der Waals surface area contributed by atoms with E-state index in [1.807, 2.05) is 53.2 Å². The Hall–Kier alpha value is -1.85. The van der Waals surface area contributed by atoms with Gasteiger partial charge in [-0.1, -0.05) is 12.1 Å². The monoisotopic (exact) mass is 360 g/mol. The first-order valence-corrected chi connectivity index (χ1v) is 8.80. The van der Waals surface area contributed by atoms with Crippen molar-refractivity contribution in [2.24, 2.45) is 0 Å².